The fourth-order valence-corrected chi connectivity index (χ4v) is 7.54. The molecule has 1 saturated carbocycles. The number of hydrogen-bond donors (Lipinski definition) is 6. The summed E-state index contributed by atoms with van der Waals surface area (Å²) in [6.45, 7) is 3.20. The Bertz CT molecular complexity index is 1300. The van der Waals surface area contributed by atoms with Gasteiger partial charge < -0.3 is 39.9 Å². The molecule has 0 spiro atoms. The minimum Gasteiger partial charge on any atom is -0.462 e. The lowest BCUT2D eigenvalue weighted by Gasteiger charge is -2.41. The predicted octanol–water partition coefficient (Wildman–Crippen LogP) is 8.94. The van der Waals surface area contributed by atoms with E-state index in [4.69, 9.17) is 18.5 Å². The quantitative estimate of drug-likeness (QED) is 0.0149. The fourth-order valence-electron chi connectivity index (χ4n) is 6.57. The van der Waals surface area contributed by atoms with Gasteiger partial charge in [-0.3, -0.25) is 18.6 Å². The van der Waals surface area contributed by atoms with Crippen molar-refractivity contribution >= 4 is 19.8 Å². The number of esters is 2. The average Bonchev–Trinajstić information content (AvgIpc) is 3.24. The Balaban J connectivity index is 2.53. The van der Waals surface area contributed by atoms with Gasteiger partial charge in [0.2, 0.25) is 0 Å². The highest BCUT2D eigenvalue weighted by Crippen LogP contribution is 2.47. The third-order valence-electron chi connectivity index (χ3n) is 10.3. The van der Waals surface area contributed by atoms with Gasteiger partial charge >= 0.3 is 19.8 Å². The molecular formula is C47H81O13P. The van der Waals surface area contributed by atoms with Crippen LogP contribution in [-0.4, -0.2) is 98.3 Å². The number of rotatable bonds is 37. The highest BCUT2D eigenvalue weighted by Gasteiger charge is 2.51. The molecule has 0 bridgehead atoms. The minimum absolute atomic E-state index is 0.0148. The number of carbonyl (C=O) groups is 2. The van der Waals surface area contributed by atoms with Crippen LogP contribution >= 0.6 is 7.82 Å². The summed E-state index contributed by atoms with van der Waals surface area (Å²) in [6.07, 6.45) is 31.4. The van der Waals surface area contributed by atoms with Crippen LogP contribution in [0.5, 0.6) is 0 Å². The maximum atomic E-state index is 12.8. The molecule has 6 unspecified atom stereocenters. The van der Waals surface area contributed by atoms with Crippen LogP contribution in [0.1, 0.15) is 168 Å². The maximum absolute atomic E-state index is 12.8. The zero-order valence-corrected chi connectivity index (χ0v) is 38.1. The van der Waals surface area contributed by atoms with E-state index in [1.54, 1.807) is 0 Å². The van der Waals surface area contributed by atoms with E-state index in [0.717, 1.165) is 44.9 Å². The van der Waals surface area contributed by atoms with Crippen molar-refractivity contribution in [3.63, 3.8) is 0 Å². The third kappa shape index (κ3) is 29.5. The molecule has 8 atom stereocenters. The molecule has 0 aromatic carbocycles. The first-order valence-electron chi connectivity index (χ1n) is 23.1. The van der Waals surface area contributed by atoms with Gasteiger partial charge in [-0.25, -0.2) is 4.57 Å². The summed E-state index contributed by atoms with van der Waals surface area (Å²) in [6, 6.07) is 0. The second kappa shape index (κ2) is 37.0. The molecule has 0 aromatic rings. The van der Waals surface area contributed by atoms with Gasteiger partial charge in [-0.05, 0) is 77.0 Å². The van der Waals surface area contributed by atoms with Crippen molar-refractivity contribution in [3.8, 4) is 0 Å². The Morgan fingerprint density at radius 2 is 0.902 bits per heavy atom. The lowest BCUT2D eigenvalue weighted by molar-refractivity contribution is -0.220. The van der Waals surface area contributed by atoms with Crippen LogP contribution < -0.4 is 0 Å². The largest absolute Gasteiger partial charge is 0.472 e. The van der Waals surface area contributed by atoms with Crippen LogP contribution in [0.2, 0.25) is 0 Å². The lowest BCUT2D eigenvalue weighted by Crippen LogP contribution is -2.64. The number of phosphoric acid groups is 1. The van der Waals surface area contributed by atoms with Crippen LogP contribution in [0.15, 0.2) is 60.8 Å². The van der Waals surface area contributed by atoms with Gasteiger partial charge in [-0.1, -0.05) is 139 Å². The molecule has 14 heteroatoms. The first kappa shape index (κ1) is 56.6. The van der Waals surface area contributed by atoms with Gasteiger partial charge in [0.15, 0.2) is 6.10 Å². The van der Waals surface area contributed by atoms with Crippen molar-refractivity contribution in [3.05, 3.63) is 60.8 Å². The molecule has 13 nitrogen and oxygen atoms in total. The summed E-state index contributed by atoms with van der Waals surface area (Å²) in [5.41, 5.74) is 0. The third-order valence-corrected chi connectivity index (χ3v) is 11.3. The molecule has 1 fully saturated rings. The molecule has 0 aliphatic heterocycles. The summed E-state index contributed by atoms with van der Waals surface area (Å²) in [7, 11) is -5.14. The van der Waals surface area contributed by atoms with Gasteiger partial charge in [-0.2, -0.15) is 0 Å². The molecule has 0 heterocycles. The molecule has 352 valence electrons. The molecule has 1 aliphatic carbocycles. The number of allylic oxidation sites excluding steroid dienone is 10. The van der Waals surface area contributed by atoms with Crippen LogP contribution in [0.4, 0.5) is 0 Å². The number of aliphatic hydroxyl groups excluding tert-OH is 5. The second-order valence-corrected chi connectivity index (χ2v) is 17.3. The fraction of sp³-hybridized carbons (Fsp3) is 0.745. The van der Waals surface area contributed by atoms with Gasteiger partial charge in [0.25, 0.3) is 0 Å². The second-order valence-electron chi connectivity index (χ2n) is 15.9. The highest BCUT2D eigenvalue weighted by molar-refractivity contribution is 7.47. The van der Waals surface area contributed by atoms with Crippen LogP contribution in [0.3, 0.4) is 0 Å². The van der Waals surface area contributed by atoms with E-state index >= 15 is 0 Å². The smallest absolute Gasteiger partial charge is 0.462 e. The zero-order valence-electron chi connectivity index (χ0n) is 37.2. The monoisotopic (exact) mass is 885 g/mol. The summed E-state index contributed by atoms with van der Waals surface area (Å²) in [5.74, 6) is -1.19. The van der Waals surface area contributed by atoms with E-state index < -0.39 is 75.7 Å². The number of unbranched alkanes of at least 4 members (excludes halogenated alkanes) is 15. The SMILES string of the molecule is CCCCC/C=C/C/C=C/C/C=C/C/C=C/CCCC(=O)O[C@H](COC(=O)CCCC/C=C/CCCCCCCCCCC)COP(=O)(O)OC1C(O)C(O)C(O)[C@H](O)C1O. The molecule has 1 aliphatic rings. The van der Waals surface area contributed by atoms with E-state index in [0.29, 0.717) is 19.3 Å². The van der Waals surface area contributed by atoms with Crippen molar-refractivity contribution in [2.45, 2.75) is 211 Å². The highest BCUT2D eigenvalue weighted by atomic mass is 31.2. The van der Waals surface area contributed by atoms with Crippen molar-refractivity contribution in [1.82, 2.24) is 0 Å². The lowest BCUT2D eigenvalue weighted by atomic mass is 9.85. The predicted molar refractivity (Wildman–Crippen MR) is 239 cm³/mol. The van der Waals surface area contributed by atoms with Crippen molar-refractivity contribution < 1.29 is 63.1 Å². The topological polar surface area (TPSA) is 210 Å². The Hall–Kier alpha value is -2.45. The maximum Gasteiger partial charge on any atom is 0.472 e. The molecule has 0 aromatic heterocycles. The van der Waals surface area contributed by atoms with Crippen LogP contribution in [0.25, 0.3) is 0 Å². The average molecular weight is 885 g/mol. The van der Waals surface area contributed by atoms with Gasteiger partial charge in [0.05, 0.1) is 6.61 Å². The van der Waals surface area contributed by atoms with Crippen molar-refractivity contribution in [1.29, 1.82) is 0 Å². The standard InChI is InChI=1S/C47H81O13P/c1-3-5-7-9-11-13-15-17-19-20-22-24-26-28-30-32-34-36-41(49)59-39(38-58-61(55,56)60-47-45(53)43(51)42(50)44(52)46(47)54)37-57-40(48)35-33-31-29-27-25-23-21-18-16-14-12-10-8-6-4-2/h11,13,17,19,22,24-25,27-28,30,39,42-47,50-54H,3-10,12,14-16,18,20-21,23,26,29,31-38H2,1-2H3,(H,55,56)/b13-11+,19-17+,24-22+,27-25+,30-28+/t39-,42?,43+,44?,45?,46?,47?/m1/s1. The van der Waals surface area contributed by atoms with Crippen molar-refractivity contribution in [2.24, 2.45) is 0 Å². The Labute approximate surface area is 366 Å². The van der Waals surface area contributed by atoms with E-state index in [2.05, 4.69) is 62.5 Å². The van der Waals surface area contributed by atoms with E-state index in [1.807, 2.05) is 12.2 Å². The van der Waals surface area contributed by atoms with E-state index in [-0.39, 0.29) is 12.8 Å². The van der Waals surface area contributed by atoms with Gasteiger partial charge in [0.1, 0.15) is 43.2 Å². The number of phosphoric ester groups is 1. The molecule has 6 N–H and O–H groups in total. The first-order valence-corrected chi connectivity index (χ1v) is 24.6. The van der Waals surface area contributed by atoms with Crippen molar-refractivity contribution in [2.75, 3.05) is 13.2 Å². The Kier molecular flexibility index (Phi) is 34.3. The molecular weight excluding hydrogens is 803 g/mol. The molecule has 0 amide bonds. The minimum atomic E-state index is -5.14. The van der Waals surface area contributed by atoms with E-state index in [1.165, 1.54) is 77.0 Å². The van der Waals surface area contributed by atoms with Crippen LogP contribution in [-0.2, 0) is 32.7 Å². The normalized spacial score (nSPS) is 22.6. The summed E-state index contributed by atoms with van der Waals surface area (Å²) in [5, 5.41) is 50.1. The molecule has 0 saturated heterocycles. The van der Waals surface area contributed by atoms with Crippen LogP contribution in [0, 0.1) is 0 Å². The number of aliphatic hydroxyl groups is 5. The van der Waals surface area contributed by atoms with E-state index in [9.17, 15) is 44.6 Å². The Morgan fingerprint density at radius 1 is 0.508 bits per heavy atom. The van der Waals surface area contributed by atoms with Gasteiger partial charge in [-0.15, -0.1) is 0 Å². The number of carbonyl (C=O) groups excluding carboxylic acids is 2. The molecule has 61 heavy (non-hydrogen) atoms. The molecule has 1 rings (SSSR count). The number of hydrogen-bond acceptors (Lipinski definition) is 12. The first-order chi connectivity index (χ1) is 29.4. The summed E-state index contributed by atoms with van der Waals surface area (Å²) in [4.78, 5) is 35.6. The molecule has 0 radical (unpaired) electrons. The summed E-state index contributed by atoms with van der Waals surface area (Å²) < 4.78 is 33.4. The zero-order chi connectivity index (χ0) is 45.0. The number of ether oxygens (including phenoxy) is 2. The van der Waals surface area contributed by atoms with Gasteiger partial charge in [0, 0.05) is 12.8 Å². The summed E-state index contributed by atoms with van der Waals surface area (Å²) >= 11 is 0. The Morgan fingerprint density at radius 3 is 1.44 bits per heavy atom.